The van der Waals surface area contributed by atoms with E-state index in [-0.39, 0.29) is 18.0 Å². The maximum Gasteiger partial charge on any atom is 0.327 e. The molecule has 2 aliphatic heterocycles. The van der Waals surface area contributed by atoms with Crippen LogP contribution in [-0.4, -0.2) is 64.4 Å². The van der Waals surface area contributed by atoms with Crippen LogP contribution < -0.4 is 0 Å². The summed E-state index contributed by atoms with van der Waals surface area (Å²) in [6.45, 7) is 11.6. The number of carbonyl (C=O) groups is 2. The molecule has 3 rings (SSSR count). The summed E-state index contributed by atoms with van der Waals surface area (Å²) in [4.78, 5) is 32.2. The quantitative estimate of drug-likeness (QED) is 0.671. The van der Waals surface area contributed by atoms with Gasteiger partial charge < -0.3 is 9.80 Å². The number of hydrogen-bond acceptors (Lipinski definition) is 3. The highest BCUT2D eigenvalue weighted by Gasteiger charge is 2.58. The van der Waals surface area contributed by atoms with Crippen LogP contribution in [0, 0.1) is 5.92 Å². The molecule has 5 nitrogen and oxygen atoms in total. The maximum atomic E-state index is 13.3. The summed E-state index contributed by atoms with van der Waals surface area (Å²) in [7, 11) is 0. The zero-order valence-electron chi connectivity index (χ0n) is 17.9. The Labute approximate surface area is 169 Å². The third-order valence-corrected chi connectivity index (χ3v) is 6.26. The molecule has 2 aliphatic rings. The summed E-state index contributed by atoms with van der Waals surface area (Å²) in [6.07, 6.45) is 3.45. The highest BCUT2D eigenvalue weighted by atomic mass is 16.2. The number of likely N-dealkylation sites (tertiary alicyclic amines) is 1. The van der Waals surface area contributed by atoms with Crippen molar-refractivity contribution in [1.82, 2.24) is 14.7 Å². The Kier molecular flexibility index (Phi) is 6.43. The van der Waals surface area contributed by atoms with Crippen LogP contribution in [-0.2, 0) is 11.2 Å². The zero-order valence-corrected chi connectivity index (χ0v) is 17.9. The fraction of sp³-hybridized carbons (Fsp3) is 0.652. The van der Waals surface area contributed by atoms with E-state index in [0.29, 0.717) is 12.5 Å². The van der Waals surface area contributed by atoms with Crippen molar-refractivity contribution in [3.8, 4) is 0 Å². The Bertz CT molecular complexity index is 678. The monoisotopic (exact) mass is 385 g/mol. The van der Waals surface area contributed by atoms with E-state index in [1.807, 2.05) is 24.8 Å². The van der Waals surface area contributed by atoms with Crippen molar-refractivity contribution in [3.63, 3.8) is 0 Å². The zero-order chi connectivity index (χ0) is 20.3. The number of hydrogen-bond donors (Lipinski definition) is 0. The van der Waals surface area contributed by atoms with Crippen molar-refractivity contribution in [2.24, 2.45) is 5.92 Å². The van der Waals surface area contributed by atoms with E-state index in [4.69, 9.17) is 0 Å². The first kappa shape index (κ1) is 20.8. The van der Waals surface area contributed by atoms with Crippen molar-refractivity contribution < 1.29 is 9.59 Å². The van der Waals surface area contributed by atoms with E-state index >= 15 is 0 Å². The largest absolute Gasteiger partial charge is 0.327 e. The lowest BCUT2D eigenvalue weighted by molar-refractivity contribution is -0.136. The van der Waals surface area contributed by atoms with Gasteiger partial charge in [-0.25, -0.2) is 4.79 Å². The lowest BCUT2D eigenvalue weighted by Gasteiger charge is -2.42. The van der Waals surface area contributed by atoms with Gasteiger partial charge in [0.1, 0.15) is 5.54 Å². The highest BCUT2D eigenvalue weighted by molar-refractivity contribution is 6.07. The van der Waals surface area contributed by atoms with Gasteiger partial charge in [-0.1, -0.05) is 44.2 Å². The van der Waals surface area contributed by atoms with Gasteiger partial charge in [0.25, 0.3) is 5.91 Å². The number of rotatable bonds is 7. The van der Waals surface area contributed by atoms with E-state index in [0.717, 1.165) is 45.3 Å². The van der Waals surface area contributed by atoms with Gasteiger partial charge in [0.2, 0.25) is 0 Å². The molecule has 2 fully saturated rings. The molecular weight excluding hydrogens is 350 g/mol. The molecule has 154 valence electrons. The molecule has 3 amide bonds. The summed E-state index contributed by atoms with van der Waals surface area (Å²) in [5.41, 5.74) is 0.721. The van der Waals surface area contributed by atoms with Gasteiger partial charge in [-0.05, 0) is 51.0 Å². The molecular formula is C23H35N3O2. The minimum Gasteiger partial charge on any atom is -0.309 e. The minimum absolute atomic E-state index is 0.0268. The second-order valence-electron chi connectivity index (χ2n) is 8.99. The summed E-state index contributed by atoms with van der Waals surface area (Å²) in [5, 5.41) is 0. The van der Waals surface area contributed by atoms with Crippen LogP contribution in [0.25, 0.3) is 0 Å². The molecule has 5 heteroatoms. The van der Waals surface area contributed by atoms with Crippen LogP contribution in [0.4, 0.5) is 4.79 Å². The summed E-state index contributed by atoms with van der Waals surface area (Å²) < 4.78 is 0. The first-order chi connectivity index (χ1) is 13.3. The molecule has 2 saturated heterocycles. The van der Waals surface area contributed by atoms with E-state index in [1.54, 1.807) is 0 Å². The van der Waals surface area contributed by atoms with Gasteiger partial charge in [-0.15, -0.1) is 0 Å². The molecule has 0 bridgehead atoms. The number of amides is 3. The van der Waals surface area contributed by atoms with Crippen LogP contribution in [0.3, 0.4) is 0 Å². The summed E-state index contributed by atoms with van der Waals surface area (Å²) >= 11 is 0. The average molecular weight is 386 g/mol. The SMILES string of the molecule is CC(C)CCN1C(=O)N(C(C)C)C(=O)C12CCN(CCc1ccccc1)CC2. The van der Waals surface area contributed by atoms with Crippen LogP contribution in [0.5, 0.6) is 0 Å². The van der Waals surface area contributed by atoms with Crippen molar-refractivity contribution in [1.29, 1.82) is 0 Å². The van der Waals surface area contributed by atoms with E-state index in [9.17, 15) is 9.59 Å². The molecule has 0 N–H and O–H groups in total. The van der Waals surface area contributed by atoms with E-state index in [2.05, 4.69) is 43.0 Å². The van der Waals surface area contributed by atoms with E-state index < -0.39 is 5.54 Å². The van der Waals surface area contributed by atoms with Crippen molar-refractivity contribution in [2.75, 3.05) is 26.2 Å². The molecule has 0 aromatic heterocycles. The third kappa shape index (κ3) is 4.09. The molecule has 0 radical (unpaired) electrons. The molecule has 1 aromatic rings. The smallest absolute Gasteiger partial charge is 0.309 e. The van der Waals surface area contributed by atoms with Gasteiger partial charge in [0.15, 0.2) is 0 Å². The van der Waals surface area contributed by atoms with Crippen LogP contribution in [0.2, 0.25) is 0 Å². The Balaban J connectivity index is 1.68. The topological polar surface area (TPSA) is 43.9 Å². The molecule has 28 heavy (non-hydrogen) atoms. The van der Waals surface area contributed by atoms with Crippen molar-refractivity contribution in [3.05, 3.63) is 35.9 Å². The molecule has 0 saturated carbocycles. The van der Waals surface area contributed by atoms with Crippen LogP contribution in [0.15, 0.2) is 30.3 Å². The molecule has 2 heterocycles. The normalized spacial score (nSPS) is 20.2. The van der Waals surface area contributed by atoms with Gasteiger partial charge in [0.05, 0.1) is 0 Å². The fourth-order valence-corrected chi connectivity index (χ4v) is 4.45. The first-order valence-electron chi connectivity index (χ1n) is 10.8. The Morgan fingerprint density at radius 2 is 1.61 bits per heavy atom. The number of benzene rings is 1. The molecule has 0 unspecified atom stereocenters. The third-order valence-electron chi connectivity index (χ3n) is 6.26. The molecule has 0 atom stereocenters. The Hall–Kier alpha value is -1.88. The van der Waals surface area contributed by atoms with Crippen molar-refractivity contribution in [2.45, 2.75) is 65.0 Å². The molecule has 1 aromatic carbocycles. The summed E-state index contributed by atoms with van der Waals surface area (Å²) in [5.74, 6) is 0.540. The number of piperidine rings is 1. The van der Waals surface area contributed by atoms with Crippen LogP contribution in [0.1, 0.15) is 52.5 Å². The maximum absolute atomic E-state index is 13.3. The van der Waals surface area contributed by atoms with Gasteiger partial charge in [-0.2, -0.15) is 0 Å². The van der Waals surface area contributed by atoms with Gasteiger partial charge in [0, 0.05) is 32.2 Å². The minimum atomic E-state index is -0.626. The standard InChI is InChI=1S/C23H35N3O2/c1-18(2)10-15-25-22(28)26(19(3)4)21(27)23(25)12-16-24(17-13-23)14-11-20-8-6-5-7-9-20/h5-9,18-19H,10-17H2,1-4H3. The van der Waals surface area contributed by atoms with Crippen LogP contribution >= 0.6 is 0 Å². The first-order valence-corrected chi connectivity index (χ1v) is 10.8. The Morgan fingerprint density at radius 3 is 2.18 bits per heavy atom. The molecule has 0 aliphatic carbocycles. The van der Waals surface area contributed by atoms with Crippen molar-refractivity contribution >= 4 is 11.9 Å². The number of imide groups is 1. The lowest BCUT2D eigenvalue weighted by Crippen LogP contribution is -2.57. The van der Waals surface area contributed by atoms with Gasteiger partial charge in [-0.3, -0.25) is 9.69 Å². The number of carbonyl (C=O) groups excluding carboxylic acids is 2. The lowest BCUT2D eigenvalue weighted by atomic mass is 9.85. The van der Waals surface area contributed by atoms with Gasteiger partial charge >= 0.3 is 6.03 Å². The number of nitrogens with zero attached hydrogens (tertiary/aromatic N) is 3. The molecule has 1 spiro atoms. The number of urea groups is 1. The second-order valence-corrected chi connectivity index (χ2v) is 8.99. The van der Waals surface area contributed by atoms with E-state index in [1.165, 1.54) is 10.5 Å². The predicted octanol–water partition coefficient (Wildman–Crippen LogP) is 3.78. The second kappa shape index (κ2) is 8.64. The highest BCUT2D eigenvalue weighted by Crippen LogP contribution is 2.38. The average Bonchev–Trinajstić information content (AvgIpc) is 2.87. The summed E-state index contributed by atoms with van der Waals surface area (Å²) in [6, 6.07) is 10.4. The fourth-order valence-electron chi connectivity index (χ4n) is 4.45. The Morgan fingerprint density at radius 1 is 0.964 bits per heavy atom. The predicted molar refractivity (Wildman–Crippen MR) is 112 cm³/mol.